The zero-order valence-corrected chi connectivity index (χ0v) is 19.8. The van der Waals surface area contributed by atoms with Gasteiger partial charge in [-0.15, -0.1) is 0 Å². The highest BCUT2D eigenvalue weighted by Crippen LogP contribution is 2.56. The summed E-state index contributed by atoms with van der Waals surface area (Å²) in [5.41, 5.74) is 8.62. The first-order valence-corrected chi connectivity index (χ1v) is 12.1. The van der Waals surface area contributed by atoms with Crippen LogP contribution < -0.4 is 43.2 Å². The average molecular weight is 483 g/mol. The first-order valence-electron chi connectivity index (χ1n) is 9.49. The van der Waals surface area contributed by atoms with Gasteiger partial charge in [0.2, 0.25) is 0 Å². The Bertz CT molecular complexity index is 1040. The summed E-state index contributed by atoms with van der Waals surface area (Å²) in [4.78, 5) is 4.72. The van der Waals surface area contributed by atoms with Gasteiger partial charge >= 0.3 is 0 Å². The Morgan fingerprint density at radius 2 is 1.38 bits per heavy atom. The molecule has 0 amide bonds. The Labute approximate surface area is 187 Å². The van der Waals surface area contributed by atoms with E-state index in [2.05, 4.69) is 98.8 Å². The van der Waals surface area contributed by atoms with Crippen molar-refractivity contribution in [2.24, 2.45) is 0 Å². The summed E-state index contributed by atoms with van der Waals surface area (Å²) in [6.45, 7) is 4.33. The van der Waals surface area contributed by atoms with Crippen LogP contribution in [0, 0.1) is 6.92 Å². The molecule has 2 N–H and O–H groups in total. The highest BCUT2D eigenvalue weighted by atomic mass is 79.9. The lowest BCUT2D eigenvalue weighted by atomic mass is 10.2. The topological polar surface area (TPSA) is 38.9 Å². The minimum absolute atomic E-state index is 0. The van der Waals surface area contributed by atoms with Gasteiger partial charge in [-0.25, -0.2) is 4.98 Å². The number of aromatic nitrogens is 1. The van der Waals surface area contributed by atoms with Crippen molar-refractivity contribution >= 4 is 44.3 Å². The van der Waals surface area contributed by atoms with Gasteiger partial charge in [-0.1, -0.05) is 66.8 Å². The van der Waals surface area contributed by atoms with Gasteiger partial charge in [0.05, 0.1) is 5.69 Å². The van der Waals surface area contributed by atoms with E-state index in [0.717, 1.165) is 12.1 Å². The van der Waals surface area contributed by atoms with E-state index in [1.807, 2.05) is 0 Å². The lowest BCUT2D eigenvalue weighted by Gasteiger charge is -2.26. The zero-order chi connectivity index (χ0) is 19.6. The summed E-state index contributed by atoms with van der Waals surface area (Å²) < 4.78 is 1.32. The molecule has 148 valence electrons. The number of nitrogen functional groups attached to an aromatic ring is 1. The van der Waals surface area contributed by atoms with Crippen LogP contribution in [0.4, 0.5) is 5.13 Å². The van der Waals surface area contributed by atoms with Crippen LogP contribution in [0.3, 0.4) is 0 Å². The number of halogens is 1. The molecule has 29 heavy (non-hydrogen) atoms. The fourth-order valence-electron chi connectivity index (χ4n) is 3.79. The number of aryl methyl sites for hydroxylation is 2. The number of benzene rings is 3. The molecule has 5 heteroatoms. The highest BCUT2D eigenvalue weighted by Gasteiger charge is 2.51. The highest BCUT2D eigenvalue weighted by molar-refractivity contribution is 8.04. The SMILES string of the molecule is CCc1nc(N)sc1[P+](c1ccccc1)(c1ccccc1)c1cccc(C)c1.[Br-]. The molecule has 0 saturated carbocycles. The fraction of sp³-hybridized carbons (Fsp3) is 0.125. The predicted octanol–water partition coefficient (Wildman–Crippen LogP) is 1.22. The van der Waals surface area contributed by atoms with Crippen LogP contribution >= 0.6 is 18.6 Å². The first-order chi connectivity index (χ1) is 13.7. The molecule has 4 aromatic rings. The number of hydrogen-bond acceptors (Lipinski definition) is 3. The third-order valence-electron chi connectivity index (χ3n) is 5.01. The molecular weight excluding hydrogens is 459 g/mol. The molecule has 3 aromatic carbocycles. The summed E-state index contributed by atoms with van der Waals surface area (Å²) >= 11 is 1.65. The first kappa shape index (κ1) is 21.7. The summed E-state index contributed by atoms with van der Waals surface area (Å²) in [6.07, 6.45) is 0.871. The van der Waals surface area contributed by atoms with Crippen molar-refractivity contribution in [1.29, 1.82) is 0 Å². The van der Waals surface area contributed by atoms with Gasteiger partial charge in [-0.2, -0.15) is 0 Å². The van der Waals surface area contributed by atoms with E-state index in [0.29, 0.717) is 5.13 Å². The number of nitrogens with zero attached hydrogens (tertiary/aromatic N) is 1. The molecule has 2 nitrogen and oxygen atoms in total. The Hall–Kier alpha value is -2.00. The van der Waals surface area contributed by atoms with Crippen LogP contribution in [-0.2, 0) is 6.42 Å². The molecule has 0 spiro atoms. The van der Waals surface area contributed by atoms with Crippen molar-refractivity contribution in [3.05, 3.63) is 96.2 Å². The Morgan fingerprint density at radius 3 is 1.90 bits per heavy atom. The second kappa shape index (κ2) is 9.21. The second-order valence-corrected chi connectivity index (χ2v) is 11.5. The number of anilines is 1. The van der Waals surface area contributed by atoms with Crippen molar-refractivity contribution in [3.63, 3.8) is 0 Å². The Balaban J connectivity index is 0.00000240. The maximum absolute atomic E-state index is 6.24. The molecule has 0 unspecified atom stereocenters. The van der Waals surface area contributed by atoms with Crippen molar-refractivity contribution in [2.75, 3.05) is 5.73 Å². The lowest BCUT2D eigenvalue weighted by molar-refractivity contribution is -0.00000558. The van der Waals surface area contributed by atoms with E-state index in [4.69, 9.17) is 10.7 Å². The molecule has 1 heterocycles. The van der Waals surface area contributed by atoms with Crippen LogP contribution in [0.15, 0.2) is 84.9 Å². The van der Waals surface area contributed by atoms with Gasteiger partial charge in [-0.05, 0) is 55.3 Å². The van der Waals surface area contributed by atoms with Gasteiger partial charge in [0.25, 0.3) is 0 Å². The molecule has 0 aliphatic rings. The van der Waals surface area contributed by atoms with Crippen molar-refractivity contribution in [3.8, 4) is 0 Å². The molecule has 0 saturated heterocycles. The van der Waals surface area contributed by atoms with E-state index in [1.165, 1.54) is 26.1 Å². The van der Waals surface area contributed by atoms with E-state index >= 15 is 0 Å². The maximum Gasteiger partial charge on any atom is 0.187 e. The Kier molecular flexibility index (Phi) is 6.89. The fourth-order valence-corrected chi connectivity index (χ4v) is 10.4. The summed E-state index contributed by atoms with van der Waals surface area (Å²) in [7, 11) is -2.09. The van der Waals surface area contributed by atoms with E-state index in [9.17, 15) is 0 Å². The number of rotatable bonds is 5. The van der Waals surface area contributed by atoms with Gasteiger partial charge in [0.1, 0.15) is 15.9 Å². The molecule has 0 aliphatic heterocycles. The quantitative estimate of drug-likeness (QED) is 0.434. The number of nitrogens with two attached hydrogens (primary N) is 1. The third kappa shape index (κ3) is 3.90. The molecule has 0 aliphatic carbocycles. The van der Waals surface area contributed by atoms with Crippen molar-refractivity contribution in [2.45, 2.75) is 20.3 Å². The van der Waals surface area contributed by atoms with Crippen LogP contribution in [0.2, 0.25) is 0 Å². The monoisotopic (exact) mass is 482 g/mol. The molecular formula is C24H24BrN2PS. The van der Waals surface area contributed by atoms with E-state index in [-0.39, 0.29) is 17.0 Å². The third-order valence-corrected chi connectivity index (χ3v) is 10.9. The van der Waals surface area contributed by atoms with Gasteiger partial charge in [0.15, 0.2) is 17.0 Å². The molecule has 0 atom stereocenters. The molecule has 0 bridgehead atoms. The smallest absolute Gasteiger partial charge is 0.187 e. The summed E-state index contributed by atoms with van der Waals surface area (Å²) in [5.74, 6) is 0. The van der Waals surface area contributed by atoms with Crippen LogP contribution in [0.5, 0.6) is 0 Å². The standard InChI is InChI=1S/C24H24N2PS.BrH/c1-3-22-23(28-24(25)26-22)27(19-12-6-4-7-13-19,20-14-8-5-9-15-20)21-16-10-11-18(2)17-21;/h4-17H,3H2,1-2H3,(H2,25,26);1H/q+1;/p-1. The van der Waals surface area contributed by atoms with E-state index < -0.39 is 7.26 Å². The average Bonchev–Trinajstić information content (AvgIpc) is 3.11. The Morgan fingerprint density at radius 1 is 0.828 bits per heavy atom. The summed E-state index contributed by atoms with van der Waals surface area (Å²) in [5, 5.41) is 4.68. The van der Waals surface area contributed by atoms with E-state index in [1.54, 1.807) is 11.3 Å². The van der Waals surface area contributed by atoms with Gasteiger partial charge in [0, 0.05) is 0 Å². The zero-order valence-electron chi connectivity index (χ0n) is 16.5. The molecule has 4 rings (SSSR count). The largest absolute Gasteiger partial charge is 1.00 e. The van der Waals surface area contributed by atoms with Crippen molar-refractivity contribution < 1.29 is 17.0 Å². The van der Waals surface area contributed by atoms with Crippen LogP contribution in [-0.4, -0.2) is 4.98 Å². The lowest BCUT2D eigenvalue weighted by Crippen LogP contribution is -3.00. The van der Waals surface area contributed by atoms with Crippen LogP contribution in [0.25, 0.3) is 0 Å². The van der Waals surface area contributed by atoms with Gasteiger partial charge < -0.3 is 22.7 Å². The number of thiazole rings is 1. The molecule has 0 fully saturated rings. The number of hydrogen-bond donors (Lipinski definition) is 1. The predicted molar refractivity (Wildman–Crippen MR) is 125 cm³/mol. The van der Waals surface area contributed by atoms with Crippen LogP contribution in [0.1, 0.15) is 18.2 Å². The normalized spacial score (nSPS) is 11.1. The van der Waals surface area contributed by atoms with Crippen molar-refractivity contribution in [1.82, 2.24) is 4.98 Å². The molecule has 0 radical (unpaired) electrons. The molecule has 1 aromatic heterocycles. The summed E-state index contributed by atoms with van der Waals surface area (Å²) in [6, 6.07) is 30.7. The minimum atomic E-state index is -2.09. The maximum atomic E-state index is 6.24. The second-order valence-electron chi connectivity index (χ2n) is 6.84. The minimum Gasteiger partial charge on any atom is -1.00 e. The van der Waals surface area contributed by atoms with Gasteiger partial charge in [-0.3, -0.25) is 0 Å².